The van der Waals surface area contributed by atoms with E-state index in [0.29, 0.717) is 18.9 Å². The molecule has 2 rings (SSSR count). The Hall–Kier alpha value is -2.10. The average Bonchev–Trinajstić information content (AvgIpc) is 2.74. The van der Waals surface area contributed by atoms with Crippen molar-refractivity contribution in [2.75, 3.05) is 13.1 Å². The zero-order chi connectivity index (χ0) is 14.5. The largest absolute Gasteiger partial charge is 0.337 e. The lowest BCUT2D eigenvalue weighted by Gasteiger charge is -2.18. The Morgan fingerprint density at radius 2 is 2.05 bits per heavy atom. The number of nitrogens with zero attached hydrogens (tertiary/aromatic N) is 1. The molecule has 4 heteroatoms. The first-order chi connectivity index (χ1) is 9.63. The Morgan fingerprint density at radius 3 is 2.65 bits per heavy atom. The maximum absolute atomic E-state index is 12.1. The summed E-state index contributed by atoms with van der Waals surface area (Å²) >= 11 is 0. The first-order valence-electron chi connectivity index (χ1n) is 7.00. The van der Waals surface area contributed by atoms with Crippen LogP contribution in [0.4, 0.5) is 4.79 Å². The molecule has 1 heterocycles. The van der Waals surface area contributed by atoms with Crippen molar-refractivity contribution in [3.8, 4) is 0 Å². The van der Waals surface area contributed by atoms with Crippen molar-refractivity contribution in [1.82, 2.24) is 10.2 Å². The van der Waals surface area contributed by atoms with E-state index in [2.05, 4.69) is 5.32 Å². The van der Waals surface area contributed by atoms with Gasteiger partial charge in [-0.15, -0.1) is 0 Å². The van der Waals surface area contributed by atoms with Gasteiger partial charge in [0.1, 0.15) is 5.84 Å². The molecule has 0 saturated carbocycles. The molecule has 1 aromatic carbocycles. The standard InChI is InChI=1S/C16H21N3O/c1-3-14-12(2)11-19(15(14)17)16(20)18-10-9-13-7-5-4-6-8-13/h4-8,17H,3,9-11H2,1-2H3,(H,18,20). The van der Waals surface area contributed by atoms with Crippen LogP contribution in [-0.2, 0) is 6.42 Å². The summed E-state index contributed by atoms with van der Waals surface area (Å²) in [6.07, 6.45) is 1.61. The molecule has 2 amide bonds. The van der Waals surface area contributed by atoms with Crippen LogP contribution in [0.25, 0.3) is 0 Å². The Balaban J connectivity index is 1.84. The molecule has 0 spiro atoms. The molecule has 0 unspecified atom stereocenters. The lowest BCUT2D eigenvalue weighted by molar-refractivity contribution is 0.224. The highest BCUT2D eigenvalue weighted by Crippen LogP contribution is 2.21. The number of benzene rings is 1. The van der Waals surface area contributed by atoms with Crippen molar-refractivity contribution in [1.29, 1.82) is 5.41 Å². The van der Waals surface area contributed by atoms with Gasteiger partial charge in [-0.1, -0.05) is 37.3 Å². The van der Waals surface area contributed by atoms with Crippen LogP contribution in [0.1, 0.15) is 25.8 Å². The van der Waals surface area contributed by atoms with Gasteiger partial charge >= 0.3 is 6.03 Å². The van der Waals surface area contributed by atoms with E-state index in [1.807, 2.05) is 44.2 Å². The fraction of sp³-hybridized carbons (Fsp3) is 0.375. The van der Waals surface area contributed by atoms with Gasteiger partial charge in [0.25, 0.3) is 0 Å². The number of carbonyl (C=O) groups excluding carboxylic acids is 1. The average molecular weight is 271 g/mol. The number of amides is 2. The summed E-state index contributed by atoms with van der Waals surface area (Å²) in [6, 6.07) is 9.89. The van der Waals surface area contributed by atoms with E-state index in [9.17, 15) is 4.79 Å². The second-order valence-electron chi connectivity index (χ2n) is 5.01. The van der Waals surface area contributed by atoms with Gasteiger partial charge in [0.2, 0.25) is 0 Å². The molecule has 1 aliphatic rings. The minimum absolute atomic E-state index is 0.172. The number of rotatable bonds is 4. The third kappa shape index (κ3) is 3.07. The van der Waals surface area contributed by atoms with Crippen LogP contribution in [0.5, 0.6) is 0 Å². The van der Waals surface area contributed by atoms with Crippen molar-refractivity contribution < 1.29 is 4.79 Å². The van der Waals surface area contributed by atoms with E-state index in [1.54, 1.807) is 0 Å². The van der Waals surface area contributed by atoms with E-state index in [0.717, 1.165) is 24.0 Å². The Labute approximate surface area is 120 Å². The fourth-order valence-corrected chi connectivity index (χ4v) is 2.47. The molecule has 0 aromatic heterocycles. The third-order valence-corrected chi connectivity index (χ3v) is 3.60. The highest BCUT2D eigenvalue weighted by atomic mass is 16.2. The Kier molecular flexibility index (Phi) is 4.56. The molecule has 0 bridgehead atoms. The Bertz CT molecular complexity index is 534. The second kappa shape index (κ2) is 6.37. The number of amidine groups is 1. The van der Waals surface area contributed by atoms with E-state index in [4.69, 9.17) is 5.41 Å². The maximum Gasteiger partial charge on any atom is 0.323 e. The fourth-order valence-electron chi connectivity index (χ4n) is 2.47. The molecule has 0 fully saturated rings. The van der Waals surface area contributed by atoms with Gasteiger partial charge in [0.15, 0.2) is 0 Å². The van der Waals surface area contributed by atoms with Crippen LogP contribution in [0.15, 0.2) is 41.5 Å². The summed E-state index contributed by atoms with van der Waals surface area (Å²) in [5.41, 5.74) is 3.31. The minimum Gasteiger partial charge on any atom is -0.337 e. The van der Waals surface area contributed by atoms with Crippen molar-refractivity contribution >= 4 is 11.9 Å². The molecule has 1 aliphatic heterocycles. The van der Waals surface area contributed by atoms with Crippen LogP contribution >= 0.6 is 0 Å². The van der Waals surface area contributed by atoms with Gasteiger partial charge in [-0.3, -0.25) is 10.3 Å². The summed E-state index contributed by atoms with van der Waals surface area (Å²) in [4.78, 5) is 13.6. The van der Waals surface area contributed by atoms with Crippen LogP contribution < -0.4 is 5.32 Å². The molecular formula is C16H21N3O. The highest BCUT2D eigenvalue weighted by molar-refractivity contribution is 6.08. The normalized spacial score (nSPS) is 14.9. The first kappa shape index (κ1) is 14.3. The molecule has 0 aliphatic carbocycles. The lowest BCUT2D eigenvalue weighted by Crippen LogP contribution is -2.42. The maximum atomic E-state index is 12.1. The molecule has 4 nitrogen and oxygen atoms in total. The van der Waals surface area contributed by atoms with Gasteiger partial charge in [0, 0.05) is 6.54 Å². The van der Waals surface area contributed by atoms with Crippen molar-refractivity contribution in [2.24, 2.45) is 0 Å². The molecule has 20 heavy (non-hydrogen) atoms. The highest BCUT2D eigenvalue weighted by Gasteiger charge is 2.27. The number of carbonyl (C=O) groups is 1. The number of hydrogen-bond acceptors (Lipinski definition) is 2. The number of urea groups is 1. The van der Waals surface area contributed by atoms with Gasteiger partial charge in [-0.25, -0.2) is 4.79 Å². The van der Waals surface area contributed by atoms with Crippen LogP contribution in [0, 0.1) is 5.41 Å². The first-order valence-corrected chi connectivity index (χ1v) is 7.00. The van der Waals surface area contributed by atoms with E-state index >= 15 is 0 Å². The second-order valence-corrected chi connectivity index (χ2v) is 5.01. The lowest BCUT2D eigenvalue weighted by atomic mass is 10.1. The molecule has 106 valence electrons. The SMILES string of the molecule is CCC1=C(C)CN(C(=O)NCCc2ccccc2)C1=N. The van der Waals surface area contributed by atoms with Gasteiger partial charge in [0.05, 0.1) is 6.54 Å². The van der Waals surface area contributed by atoms with Gasteiger partial charge in [-0.2, -0.15) is 0 Å². The predicted octanol–water partition coefficient (Wildman–Crippen LogP) is 2.96. The Morgan fingerprint density at radius 1 is 1.35 bits per heavy atom. The zero-order valence-electron chi connectivity index (χ0n) is 12.1. The molecule has 2 N–H and O–H groups in total. The molecule has 1 aromatic rings. The van der Waals surface area contributed by atoms with Crippen molar-refractivity contribution in [2.45, 2.75) is 26.7 Å². The quantitative estimate of drug-likeness (QED) is 0.869. The van der Waals surface area contributed by atoms with E-state index < -0.39 is 0 Å². The van der Waals surface area contributed by atoms with E-state index in [1.165, 1.54) is 10.5 Å². The molecular weight excluding hydrogens is 250 g/mol. The smallest absolute Gasteiger partial charge is 0.323 e. The molecule has 0 saturated heterocycles. The third-order valence-electron chi connectivity index (χ3n) is 3.60. The zero-order valence-corrected chi connectivity index (χ0v) is 12.1. The predicted molar refractivity (Wildman–Crippen MR) is 81.0 cm³/mol. The van der Waals surface area contributed by atoms with Crippen LogP contribution in [-0.4, -0.2) is 29.9 Å². The minimum atomic E-state index is -0.172. The van der Waals surface area contributed by atoms with Crippen LogP contribution in [0.3, 0.4) is 0 Å². The topological polar surface area (TPSA) is 56.2 Å². The van der Waals surface area contributed by atoms with Gasteiger partial charge < -0.3 is 5.32 Å². The number of nitrogens with one attached hydrogen (secondary N) is 2. The summed E-state index contributed by atoms with van der Waals surface area (Å²) in [7, 11) is 0. The van der Waals surface area contributed by atoms with Crippen LogP contribution in [0.2, 0.25) is 0 Å². The summed E-state index contributed by atoms with van der Waals surface area (Å²) < 4.78 is 0. The molecule has 0 atom stereocenters. The number of hydrogen-bond donors (Lipinski definition) is 2. The molecule has 0 radical (unpaired) electrons. The monoisotopic (exact) mass is 271 g/mol. The summed E-state index contributed by atoms with van der Waals surface area (Å²) in [5, 5.41) is 10.9. The van der Waals surface area contributed by atoms with E-state index in [-0.39, 0.29) is 6.03 Å². The van der Waals surface area contributed by atoms with Crippen molar-refractivity contribution in [3.63, 3.8) is 0 Å². The summed E-state index contributed by atoms with van der Waals surface area (Å²) in [6.45, 7) is 5.14. The van der Waals surface area contributed by atoms with Crippen molar-refractivity contribution in [3.05, 3.63) is 47.0 Å². The van der Waals surface area contributed by atoms with Gasteiger partial charge in [-0.05, 0) is 36.5 Å². The summed E-state index contributed by atoms with van der Waals surface area (Å²) in [5.74, 6) is 0.349.